The molecule has 2 amide bonds. The zero-order valence-corrected chi connectivity index (χ0v) is 12.4. The van der Waals surface area contributed by atoms with Crippen LogP contribution in [0.1, 0.15) is 49.4 Å². The van der Waals surface area contributed by atoms with Gasteiger partial charge < -0.3 is 10.6 Å². The van der Waals surface area contributed by atoms with E-state index < -0.39 is 0 Å². The first-order chi connectivity index (χ1) is 10.1. The van der Waals surface area contributed by atoms with Gasteiger partial charge in [-0.05, 0) is 43.4 Å². The first-order valence-corrected chi connectivity index (χ1v) is 7.85. The van der Waals surface area contributed by atoms with Crippen molar-refractivity contribution >= 4 is 17.5 Å². The maximum absolute atomic E-state index is 12.2. The molecule has 2 fully saturated rings. The summed E-state index contributed by atoms with van der Waals surface area (Å²) in [7, 11) is 0. The monoisotopic (exact) mass is 286 g/mol. The molecular formula is C17H22N2O2. The van der Waals surface area contributed by atoms with Gasteiger partial charge in [0.15, 0.2) is 0 Å². The second-order valence-electron chi connectivity index (χ2n) is 6.34. The Kier molecular flexibility index (Phi) is 3.95. The summed E-state index contributed by atoms with van der Waals surface area (Å²) in [5, 5.41) is 5.97. The molecule has 2 aliphatic carbocycles. The molecule has 0 aromatic heterocycles. The summed E-state index contributed by atoms with van der Waals surface area (Å²) in [6.07, 6.45) is 5.50. The fourth-order valence-electron chi connectivity index (χ4n) is 3.00. The van der Waals surface area contributed by atoms with Crippen LogP contribution in [0.4, 0.5) is 5.69 Å². The number of hydrogen-bond acceptors (Lipinski definition) is 2. The third-order valence-corrected chi connectivity index (χ3v) is 4.53. The minimum Gasteiger partial charge on any atom is -0.349 e. The van der Waals surface area contributed by atoms with Crippen LogP contribution in [0.2, 0.25) is 0 Å². The van der Waals surface area contributed by atoms with E-state index in [1.54, 1.807) is 12.1 Å². The first-order valence-electron chi connectivity index (χ1n) is 7.85. The summed E-state index contributed by atoms with van der Waals surface area (Å²) in [5.41, 5.74) is 1.32. The summed E-state index contributed by atoms with van der Waals surface area (Å²) in [5.74, 6) is 0.647. The van der Waals surface area contributed by atoms with Gasteiger partial charge in [-0.3, -0.25) is 9.59 Å². The van der Waals surface area contributed by atoms with Crippen molar-refractivity contribution < 1.29 is 9.59 Å². The molecule has 2 aliphatic rings. The molecule has 2 N–H and O–H groups in total. The summed E-state index contributed by atoms with van der Waals surface area (Å²) in [4.78, 5) is 24.1. The highest BCUT2D eigenvalue weighted by Gasteiger charge is 2.39. The first kappa shape index (κ1) is 14.1. The number of hydrogen-bond donors (Lipinski definition) is 2. The molecule has 0 spiro atoms. The van der Waals surface area contributed by atoms with Crippen molar-refractivity contribution in [2.24, 2.45) is 11.8 Å². The van der Waals surface area contributed by atoms with E-state index in [2.05, 4.69) is 17.6 Å². The molecule has 0 bridgehead atoms. The molecule has 2 saturated carbocycles. The van der Waals surface area contributed by atoms with Gasteiger partial charge in [0.05, 0.1) is 0 Å². The molecule has 0 aliphatic heterocycles. The lowest BCUT2D eigenvalue weighted by Crippen LogP contribution is -2.32. The Balaban J connectivity index is 1.62. The van der Waals surface area contributed by atoms with E-state index in [9.17, 15) is 9.59 Å². The maximum atomic E-state index is 12.2. The molecule has 4 nitrogen and oxygen atoms in total. The number of rotatable bonds is 4. The van der Waals surface area contributed by atoms with Crippen LogP contribution in [0.3, 0.4) is 0 Å². The largest absolute Gasteiger partial charge is 0.349 e. The fraction of sp³-hybridized carbons (Fsp3) is 0.529. The van der Waals surface area contributed by atoms with E-state index in [-0.39, 0.29) is 17.7 Å². The van der Waals surface area contributed by atoms with Crippen LogP contribution < -0.4 is 10.6 Å². The minimum absolute atomic E-state index is 0.0437. The van der Waals surface area contributed by atoms with Crippen LogP contribution in [0.25, 0.3) is 0 Å². The molecule has 1 aromatic rings. The molecule has 0 heterocycles. The normalized spacial score (nSPS) is 24.6. The fourth-order valence-corrected chi connectivity index (χ4v) is 3.00. The molecular weight excluding hydrogens is 264 g/mol. The van der Waals surface area contributed by atoms with Crippen molar-refractivity contribution in [2.45, 2.75) is 45.1 Å². The number of nitrogens with one attached hydrogen (secondary N) is 2. The predicted molar refractivity (Wildman–Crippen MR) is 82.1 cm³/mol. The lowest BCUT2D eigenvalue weighted by molar-refractivity contribution is -0.117. The highest BCUT2D eigenvalue weighted by atomic mass is 16.2. The third-order valence-electron chi connectivity index (χ3n) is 4.53. The Morgan fingerprint density at radius 3 is 2.57 bits per heavy atom. The summed E-state index contributed by atoms with van der Waals surface area (Å²) in [6, 6.07) is 7.50. The molecule has 4 heteroatoms. The van der Waals surface area contributed by atoms with Gasteiger partial charge in [0.25, 0.3) is 5.91 Å². The third kappa shape index (κ3) is 3.43. The average molecular weight is 286 g/mol. The topological polar surface area (TPSA) is 58.2 Å². The Labute approximate surface area is 125 Å². The van der Waals surface area contributed by atoms with Crippen LogP contribution in [0.5, 0.6) is 0 Å². The lowest BCUT2D eigenvalue weighted by atomic mass is 10.1. The summed E-state index contributed by atoms with van der Waals surface area (Å²) < 4.78 is 0. The molecule has 0 saturated heterocycles. The van der Waals surface area contributed by atoms with Gasteiger partial charge >= 0.3 is 0 Å². The zero-order chi connectivity index (χ0) is 14.8. The molecule has 3 rings (SSSR count). The predicted octanol–water partition coefficient (Wildman–Crippen LogP) is 2.95. The van der Waals surface area contributed by atoms with Crippen LogP contribution in [-0.2, 0) is 4.79 Å². The Bertz CT molecular complexity index is 549. The lowest BCUT2D eigenvalue weighted by Gasteiger charge is -2.12. The molecule has 0 radical (unpaired) electrons. The Morgan fingerprint density at radius 1 is 1.19 bits per heavy atom. The summed E-state index contributed by atoms with van der Waals surface area (Å²) in [6.45, 7) is 2.08. The van der Waals surface area contributed by atoms with Gasteiger partial charge in [0.2, 0.25) is 5.91 Å². The van der Waals surface area contributed by atoms with Gasteiger partial charge in [-0.2, -0.15) is 0 Å². The SMILES string of the molecule is CC1CC1C(=O)Nc1cccc(C(=O)NC2CCCC2)c1. The molecule has 2 atom stereocenters. The smallest absolute Gasteiger partial charge is 0.251 e. The van der Waals surface area contributed by atoms with E-state index in [0.717, 1.165) is 19.3 Å². The highest BCUT2D eigenvalue weighted by Crippen LogP contribution is 2.38. The standard InChI is InChI=1S/C17H22N2O2/c1-11-9-15(11)17(21)19-14-8-4-5-12(10-14)16(20)18-13-6-2-3-7-13/h4-5,8,10-11,13,15H,2-3,6-7,9H2,1H3,(H,18,20)(H,19,21). The van der Waals surface area contributed by atoms with Crippen molar-refractivity contribution in [3.8, 4) is 0 Å². The molecule has 1 aromatic carbocycles. The minimum atomic E-state index is -0.0437. The number of anilines is 1. The quantitative estimate of drug-likeness (QED) is 0.894. The van der Waals surface area contributed by atoms with Crippen LogP contribution in [0.15, 0.2) is 24.3 Å². The number of carbonyl (C=O) groups is 2. The van der Waals surface area contributed by atoms with E-state index in [4.69, 9.17) is 0 Å². The van der Waals surface area contributed by atoms with E-state index >= 15 is 0 Å². The molecule has 21 heavy (non-hydrogen) atoms. The van der Waals surface area contributed by atoms with Crippen LogP contribution in [-0.4, -0.2) is 17.9 Å². The van der Waals surface area contributed by atoms with E-state index in [1.165, 1.54) is 12.8 Å². The zero-order valence-electron chi connectivity index (χ0n) is 12.4. The molecule has 2 unspecified atom stereocenters. The van der Waals surface area contributed by atoms with Crippen molar-refractivity contribution in [3.63, 3.8) is 0 Å². The van der Waals surface area contributed by atoms with Gasteiger partial charge in [-0.1, -0.05) is 25.8 Å². The van der Waals surface area contributed by atoms with Crippen molar-refractivity contribution in [1.29, 1.82) is 0 Å². The van der Waals surface area contributed by atoms with Crippen molar-refractivity contribution in [2.75, 3.05) is 5.32 Å². The highest BCUT2D eigenvalue weighted by molar-refractivity contribution is 5.98. The number of carbonyl (C=O) groups excluding carboxylic acids is 2. The van der Waals surface area contributed by atoms with E-state index in [1.807, 2.05) is 12.1 Å². The molecule has 112 valence electrons. The van der Waals surface area contributed by atoms with Crippen molar-refractivity contribution in [1.82, 2.24) is 5.32 Å². The second-order valence-corrected chi connectivity index (χ2v) is 6.34. The van der Waals surface area contributed by atoms with Crippen molar-refractivity contribution in [3.05, 3.63) is 29.8 Å². The number of amides is 2. The van der Waals surface area contributed by atoms with E-state index in [0.29, 0.717) is 23.2 Å². The van der Waals surface area contributed by atoms with Gasteiger partial charge in [-0.15, -0.1) is 0 Å². The average Bonchev–Trinajstić information content (AvgIpc) is 2.98. The van der Waals surface area contributed by atoms with Gasteiger partial charge in [0.1, 0.15) is 0 Å². The summed E-state index contributed by atoms with van der Waals surface area (Å²) >= 11 is 0. The van der Waals surface area contributed by atoms with Gasteiger partial charge in [0, 0.05) is 23.2 Å². The number of benzene rings is 1. The van der Waals surface area contributed by atoms with Gasteiger partial charge in [-0.25, -0.2) is 0 Å². The van der Waals surface area contributed by atoms with Crippen LogP contribution in [0, 0.1) is 11.8 Å². The maximum Gasteiger partial charge on any atom is 0.251 e. The Morgan fingerprint density at radius 2 is 1.90 bits per heavy atom. The van der Waals surface area contributed by atoms with Crippen LogP contribution >= 0.6 is 0 Å². The Hall–Kier alpha value is -1.84. The second kappa shape index (κ2) is 5.88.